The molecule has 0 N–H and O–H groups in total. The van der Waals surface area contributed by atoms with Gasteiger partial charge in [-0.3, -0.25) is 4.79 Å². The zero-order valence-corrected chi connectivity index (χ0v) is 19.2. The van der Waals surface area contributed by atoms with Crippen LogP contribution < -0.4 is 4.74 Å². The van der Waals surface area contributed by atoms with Gasteiger partial charge < -0.3 is 9.47 Å². The normalized spacial score (nSPS) is 19.3. The molecule has 2 unspecified atom stereocenters. The summed E-state index contributed by atoms with van der Waals surface area (Å²) in [5, 5.41) is 0. The van der Waals surface area contributed by atoms with Crippen molar-refractivity contribution in [2.24, 2.45) is 11.3 Å². The summed E-state index contributed by atoms with van der Waals surface area (Å²) in [6.07, 6.45) is 3.69. The number of carbonyl (C=O) groups excluding carboxylic acids is 1. The second-order valence-corrected chi connectivity index (χ2v) is 9.86. The van der Waals surface area contributed by atoms with Crippen molar-refractivity contribution < 1.29 is 14.3 Å². The van der Waals surface area contributed by atoms with Crippen LogP contribution in [0.3, 0.4) is 0 Å². The number of rotatable bonds is 6. The Hall–Kier alpha value is -3.28. The lowest BCUT2D eigenvalue weighted by Gasteiger charge is -2.16. The van der Waals surface area contributed by atoms with Gasteiger partial charge in [-0.25, -0.2) is 15.0 Å². The van der Waals surface area contributed by atoms with Crippen molar-refractivity contribution >= 4 is 5.97 Å². The molecule has 0 radical (unpaired) electrons. The smallest absolute Gasteiger partial charge is 0.310 e. The number of esters is 1. The van der Waals surface area contributed by atoms with Crippen LogP contribution in [-0.2, 0) is 21.6 Å². The van der Waals surface area contributed by atoms with Gasteiger partial charge in [-0.05, 0) is 29.2 Å². The number of nitrogens with zero attached hydrogens (tertiary/aromatic N) is 3. The first kappa shape index (κ1) is 21.9. The average Bonchev–Trinajstić information content (AvgIpc) is 3.34. The minimum atomic E-state index is -0.227. The third-order valence-corrected chi connectivity index (χ3v) is 5.89. The lowest BCUT2D eigenvalue weighted by atomic mass is 9.95. The summed E-state index contributed by atoms with van der Waals surface area (Å²) in [6, 6.07) is 14.9. The fourth-order valence-corrected chi connectivity index (χ4v) is 4.02. The molecule has 0 bridgehead atoms. The summed E-state index contributed by atoms with van der Waals surface area (Å²) in [6.45, 7) is 10.5. The Bertz CT molecular complexity index is 1090. The van der Waals surface area contributed by atoms with E-state index in [1.165, 1.54) is 0 Å². The Labute approximate surface area is 189 Å². The Morgan fingerprint density at radius 1 is 1.00 bits per heavy atom. The van der Waals surface area contributed by atoms with E-state index in [4.69, 9.17) is 9.47 Å². The van der Waals surface area contributed by atoms with Gasteiger partial charge in [0.1, 0.15) is 18.2 Å². The van der Waals surface area contributed by atoms with E-state index in [1.807, 2.05) is 54.9 Å². The van der Waals surface area contributed by atoms with Crippen LogP contribution in [0.5, 0.6) is 11.6 Å². The minimum Gasteiger partial charge on any atom is -0.459 e. The van der Waals surface area contributed by atoms with Crippen LogP contribution in [0.2, 0.25) is 0 Å². The molecule has 1 saturated carbocycles. The van der Waals surface area contributed by atoms with Crippen LogP contribution in [0.15, 0.2) is 60.9 Å². The number of para-hydroxylation sites is 1. The van der Waals surface area contributed by atoms with E-state index in [2.05, 4.69) is 49.6 Å². The van der Waals surface area contributed by atoms with Gasteiger partial charge in [-0.1, -0.05) is 58.9 Å². The Kier molecular flexibility index (Phi) is 5.71. The van der Waals surface area contributed by atoms with Gasteiger partial charge in [0.25, 0.3) is 0 Å². The molecular weight excluding hydrogens is 402 g/mol. The van der Waals surface area contributed by atoms with E-state index in [0.29, 0.717) is 17.3 Å². The van der Waals surface area contributed by atoms with E-state index in [1.54, 1.807) is 6.07 Å². The van der Waals surface area contributed by atoms with Crippen molar-refractivity contribution in [3.63, 3.8) is 0 Å². The van der Waals surface area contributed by atoms with Crippen LogP contribution >= 0.6 is 0 Å². The predicted molar refractivity (Wildman–Crippen MR) is 121 cm³/mol. The quantitative estimate of drug-likeness (QED) is 0.484. The van der Waals surface area contributed by atoms with Gasteiger partial charge in [0, 0.05) is 29.8 Å². The van der Waals surface area contributed by atoms with E-state index < -0.39 is 0 Å². The fraction of sp³-hybridized carbons (Fsp3) is 0.385. The Morgan fingerprint density at radius 3 is 2.34 bits per heavy atom. The number of aromatic nitrogens is 3. The first-order valence-electron chi connectivity index (χ1n) is 10.8. The number of hydrogen-bond donors (Lipinski definition) is 0. The molecule has 32 heavy (non-hydrogen) atoms. The largest absolute Gasteiger partial charge is 0.459 e. The van der Waals surface area contributed by atoms with Gasteiger partial charge in [0.2, 0.25) is 5.88 Å². The molecule has 2 atom stereocenters. The van der Waals surface area contributed by atoms with Crippen LogP contribution in [0.4, 0.5) is 0 Å². The zero-order valence-electron chi connectivity index (χ0n) is 19.2. The molecule has 1 aliphatic carbocycles. The lowest BCUT2D eigenvalue weighted by Crippen LogP contribution is -2.16. The molecule has 166 valence electrons. The maximum Gasteiger partial charge on any atom is 0.310 e. The van der Waals surface area contributed by atoms with E-state index in [0.717, 1.165) is 11.4 Å². The maximum atomic E-state index is 12.9. The average molecular weight is 432 g/mol. The van der Waals surface area contributed by atoms with E-state index in [-0.39, 0.29) is 35.2 Å². The van der Waals surface area contributed by atoms with Gasteiger partial charge in [-0.2, -0.15) is 0 Å². The van der Waals surface area contributed by atoms with Crippen LogP contribution in [0, 0.1) is 11.3 Å². The molecule has 0 saturated heterocycles. The summed E-state index contributed by atoms with van der Waals surface area (Å²) in [5.41, 5.74) is 1.30. The summed E-state index contributed by atoms with van der Waals surface area (Å²) in [5.74, 6) is 1.56. The molecule has 4 rings (SSSR count). The van der Waals surface area contributed by atoms with E-state index in [9.17, 15) is 4.79 Å². The number of carbonyl (C=O) groups is 1. The molecule has 2 aromatic heterocycles. The topological polar surface area (TPSA) is 74.2 Å². The highest BCUT2D eigenvalue weighted by Crippen LogP contribution is 2.64. The number of benzene rings is 1. The third-order valence-electron chi connectivity index (χ3n) is 5.89. The highest BCUT2D eigenvalue weighted by atomic mass is 16.5. The van der Waals surface area contributed by atoms with Gasteiger partial charge >= 0.3 is 5.97 Å². The molecule has 6 heteroatoms. The summed E-state index contributed by atoms with van der Waals surface area (Å²) < 4.78 is 11.4. The van der Waals surface area contributed by atoms with Crippen molar-refractivity contribution in [1.29, 1.82) is 0 Å². The first-order valence-corrected chi connectivity index (χ1v) is 10.8. The Balaban J connectivity index is 1.38. The molecule has 6 nitrogen and oxygen atoms in total. The monoisotopic (exact) mass is 431 g/mol. The zero-order chi connectivity index (χ0) is 22.9. The molecule has 2 heterocycles. The molecule has 1 aliphatic rings. The number of hydrogen-bond acceptors (Lipinski definition) is 6. The molecular formula is C26H29N3O3. The summed E-state index contributed by atoms with van der Waals surface area (Å²) >= 11 is 0. The summed E-state index contributed by atoms with van der Waals surface area (Å²) in [4.78, 5) is 26.3. The highest BCUT2D eigenvalue weighted by Gasteiger charge is 2.63. The second-order valence-electron chi connectivity index (χ2n) is 9.86. The van der Waals surface area contributed by atoms with Gasteiger partial charge in [0.15, 0.2) is 0 Å². The Morgan fingerprint density at radius 2 is 1.69 bits per heavy atom. The van der Waals surface area contributed by atoms with Crippen LogP contribution in [0.25, 0.3) is 0 Å². The molecule has 0 aliphatic heterocycles. The molecule has 0 spiro atoms. The lowest BCUT2D eigenvalue weighted by molar-refractivity contribution is -0.147. The molecule has 0 amide bonds. The van der Waals surface area contributed by atoms with E-state index >= 15 is 0 Å². The number of ether oxygens (including phenoxy) is 2. The predicted octanol–water partition coefficient (Wildman–Crippen LogP) is 5.44. The van der Waals surface area contributed by atoms with Crippen LogP contribution in [0.1, 0.15) is 57.6 Å². The minimum absolute atomic E-state index is 0.0460. The summed E-state index contributed by atoms with van der Waals surface area (Å²) in [7, 11) is 0. The number of pyridine rings is 1. The fourth-order valence-electron chi connectivity index (χ4n) is 4.02. The van der Waals surface area contributed by atoms with Crippen LogP contribution in [-0.4, -0.2) is 20.9 Å². The van der Waals surface area contributed by atoms with Crippen molar-refractivity contribution in [3.05, 3.63) is 78.0 Å². The van der Waals surface area contributed by atoms with Crippen molar-refractivity contribution in [3.8, 4) is 11.6 Å². The molecule has 1 fully saturated rings. The van der Waals surface area contributed by atoms with Gasteiger partial charge in [0.05, 0.1) is 11.6 Å². The van der Waals surface area contributed by atoms with Crippen molar-refractivity contribution in [1.82, 2.24) is 15.0 Å². The molecule has 3 aromatic rings. The standard InChI is InChI=1S/C26H29N3O3/c1-25(2,3)24-27-14-17(15-28-24)21-22(26(21,4)5)23(30)31-16-18-10-9-13-20(29-18)32-19-11-7-6-8-12-19/h6-15,21-22H,16H2,1-5H3. The second kappa shape index (κ2) is 8.34. The van der Waals surface area contributed by atoms with Crippen molar-refractivity contribution in [2.75, 3.05) is 0 Å². The maximum absolute atomic E-state index is 12.9. The van der Waals surface area contributed by atoms with Crippen molar-refractivity contribution in [2.45, 2.75) is 52.6 Å². The van der Waals surface area contributed by atoms with Gasteiger partial charge in [-0.15, -0.1) is 0 Å². The SMILES string of the molecule is CC(C)(C)c1ncc(C2C(C(=O)OCc3cccc(Oc4ccccc4)n3)C2(C)C)cn1. The third kappa shape index (κ3) is 4.64. The molecule has 1 aromatic carbocycles. The first-order chi connectivity index (χ1) is 15.2. The highest BCUT2D eigenvalue weighted by molar-refractivity contribution is 5.79.